The fourth-order valence-electron chi connectivity index (χ4n) is 3.05. The molecule has 0 aromatic carbocycles. The lowest BCUT2D eigenvalue weighted by molar-refractivity contribution is 0.251. The Balaban J connectivity index is 1.77. The highest BCUT2D eigenvalue weighted by Gasteiger charge is 2.36. The number of nitrogen functional groups attached to an aromatic ring is 1. The van der Waals surface area contributed by atoms with Crippen molar-refractivity contribution in [2.24, 2.45) is 0 Å². The van der Waals surface area contributed by atoms with Gasteiger partial charge in [0.05, 0.1) is 5.02 Å². The second-order valence-electron chi connectivity index (χ2n) is 5.59. The van der Waals surface area contributed by atoms with Gasteiger partial charge in [-0.3, -0.25) is 4.90 Å². The molecule has 0 radical (unpaired) electrons. The number of aromatic nitrogens is 1. The molecule has 8 heteroatoms. The van der Waals surface area contributed by atoms with E-state index in [1.165, 1.54) is 29.4 Å². The first kappa shape index (κ1) is 15.0. The van der Waals surface area contributed by atoms with Crippen molar-refractivity contribution in [1.82, 2.24) is 14.2 Å². The molecular weight excluding hydrogens is 312 g/mol. The second kappa shape index (κ2) is 5.72. The topological polar surface area (TPSA) is 79.5 Å². The second-order valence-corrected chi connectivity index (χ2v) is 7.93. The van der Waals surface area contributed by atoms with E-state index < -0.39 is 10.0 Å². The zero-order valence-corrected chi connectivity index (χ0v) is 13.3. The summed E-state index contributed by atoms with van der Waals surface area (Å²) < 4.78 is 26.8. The summed E-state index contributed by atoms with van der Waals surface area (Å²) in [4.78, 5) is 6.35. The van der Waals surface area contributed by atoms with Gasteiger partial charge in [-0.2, -0.15) is 4.31 Å². The Morgan fingerprint density at radius 2 is 2.00 bits per heavy atom. The molecule has 0 spiro atoms. The first-order chi connectivity index (χ1) is 9.98. The molecule has 0 amide bonds. The molecule has 3 rings (SSSR count). The third-order valence-corrected chi connectivity index (χ3v) is 6.40. The summed E-state index contributed by atoms with van der Waals surface area (Å²) >= 11 is 5.88. The van der Waals surface area contributed by atoms with Crippen molar-refractivity contribution in [2.75, 3.05) is 31.9 Å². The lowest BCUT2D eigenvalue weighted by Gasteiger charge is -2.23. The maximum atomic E-state index is 12.6. The van der Waals surface area contributed by atoms with Gasteiger partial charge in [-0.15, -0.1) is 0 Å². The van der Waals surface area contributed by atoms with Gasteiger partial charge < -0.3 is 5.73 Å². The van der Waals surface area contributed by atoms with Crippen molar-refractivity contribution in [1.29, 1.82) is 0 Å². The van der Waals surface area contributed by atoms with Crippen LogP contribution in [0.3, 0.4) is 0 Å². The standard InChI is InChI=1S/C13H19ClN4O2S/c14-12-7-11(8-16-13(12)15)21(19,20)18-6-3-10(9-18)17-4-1-2-5-17/h7-8,10H,1-6,9H2,(H2,15,16). The first-order valence-electron chi connectivity index (χ1n) is 7.14. The Kier molecular flexibility index (Phi) is 4.09. The molecule has 1 atom stereocenters. The summed E-state index contributed by atoms with van der Waals surface area (Å²) in [6, 6.07) is 1.71. The number of nitrogens with zero attached hydrogens (tertiary/aromatic N) is 3. The van der Waals surface area contributed by atoms with Crippen molar-refractivity contribution in [3.63, 3.8) is 0 Å². The van der Waals surface area contributed by atoms with E-state index in [2.05, 4.69) is 9.88 Å². The van der Waals surface area contributed by atoms with Gasteiger partial charge in [0.1, 0.15) is 10.7 Å². The quantitative estimate of drug-likeness (QED) is 0.900. The molecule has 1 aromatic heterocycles. The van der Waals surface area contributed by atoms with Crippen molar-refractivity contribution in [3.05, 3.63) is 17.3 Å². The predicted octanol–water partition coefficient (Wildman–Crippen LogP) is 1.18. The molecule has 1 aromatic rings. The molecule has 2 aliphatic heterocycles. The van der Waals surface area contributed by atoms with Crippen LogP contribution in [-0.2, 0) is 10.0 Å². The summed E-state index contributed by atoms with van der Waals surface area (Å²) in [5.41, 5.74) is 5.53. The van der Waals surface area contributed by atoms with Crippen LogP contribution in [-0.4, -0.2) is 54.8 Å². The summed E-state index contributed by atoms with van der Waals surface area (Å²) in [7, 11) is -3.54. The Labute approximate surface area is 129 Å². The zero-order chi connectivity index (χ0) is 15.0. The number of sulfonamides is 1. The minimum atomic E-state index is -3.54. The van der Waals surface area contributed by atoms with E-state index in [0.29, 0.717) is 19.1 Å². The van der Waals surface area contributed by atoms with E-state index >= 15 is 0 Å². The van der Waals surface area contributed by atoms with Crippen molar-refractivity contribution < 1.29 is 8.42 Å². The van der Waals surface area contributed by atoms with Gasteiger partial charge in [0.2, 0.25) is 10.0 Å². The fourth-order valence-corrected chi connectivity index (χ4v) is 4.75. The van der Waals surface area contributed by atoms with Crippen LogP contribution in [0.25, 0.3) is 0 Å². The number of likely N-dealkylation sites (tertiary alicyclic amines) is 1. The molecule has 1 unspecified atom stereocenters. The fraction of sp³-hybridized carbons (Fsp3) is 0.615. The van der Waals surface area contributed by atoms with Crippen LogP contribution in [0.1, 0.15) is 19.3 Å². The maximum Gasteiger partial charge on any atom is 0.244 e. The largest absolute Gasteiger partial charge is 0.382 e. The monoisotopic (exact) mass is 330 g/mol. The van der Waals surface area contributed by atoms with Crippen molar-refractivity contribution >= 4 is 27.4 Å². The van der Waals surface area contributed by atoms with Gasteiger partial charge in [0.15, 0.2) is 0 Å². The SMILES string of the molecule is Nc1ncc(S(=O)(=O)N2CCC(N3CCCC3)C2)cc1Cl. The molecule has 2 N–H and O–H groups in total. The number of hydrogen-bond donors (Lipinski definition) is 1. The van der Waals surface area contributed by atoms with E-state index in [1.807, 2.05) is 0 Å². The number of halogens is 1. The van der Waals surface area contributed by atoms with Crippen molar-refractivity contribution in [3.8, 4) is 0 Å². The van der Waals surface area contributed by atoms with E-state index in [-0.39, 0.29) is 15.7 Å². The molecule has 6 nitrogen and oxygen atoms in total. The first-order valence-corrected chi connectivity index (χ1v) is 8.95. The highest BCUT2D eigenvalue weighted by molar-refractivity contribution is 7.89. The van der Waals surface area contributed by atoms with Crippen molar-refractivity contribution in [2.45, 2.75) is 30.2 Å². The zero-order valence-electron chi connectivity index (χ0n) is 11.7. The maximum absolute atomic E-state index is 12.6. The average molecular weight is 331 g/mol. The molecule has 3 heterocycles. The number of anilines is 1. The molecule has 0 bridgehead atoms. The molecule has 2 saturated heterocycles. The average Bonchev–Trinajstić information content (AvgIpc) is 3.11. The van der Waals surface area contributed by atoms with Gasteiger partial charge in [-0.1, -0.05) is 11.6 Å². The highest BCUT2D eigenvalue weighted by Crippen LogP contribution is 2.27. The normalized spacial score (nSPS) is 24.7. The molecule has 116 valence electrons. The van der Waals surface area contributed by atoms with E-state index in [1.54, 1.807) is 0 Å². The summed E-state index contributed by atoms with van der Waals surface area (Å²) in [5.74, 6) is 0.145. The van der Waals surface area contributed by atoms with Crippen LogP contribution in [0.2, 0.25) is 5.02 Å². The van der Waals surface area contributed by atoms with Gasteiger partial charge >= 0.3 is 0 Å². The van der Waals surface area contributed by atoms with Crippen LogP contribution in [0.5, 0.6) is 0 Å². The minimum Gasteiger partial charge on any atom is -0.382 e. The minimum absolute atomic E-state index is 0.115. The Bertz CT molecular complexity index is 631. The summed E-state index contributed by atoms with van der Waals surface area (Å²) in [5, 5.41) is 0.173. The third kappa shape index (κ3) is 2.88. The predicted molar refractivity (Wildman–Crippen MR) is 81.6 cm³/mol. The number of nitrogens with two attached hydrogens (primary N) is 1. The van der Waals surface area contributed by atoms with Crippen LogP contribution < -0.4 is 5.73 Å². The highest BCUT2D eigenvalue weighted by atomic mass is 35.5. The van der Waals surface area contributed by atoms with Crippen LogP contribution in [0, 0.1) is 0 Å². The lowest BCUT2D eigenvalue weighted by Crippen LogP contribution is -2.37. The summed E-state index contributed by atoms with van der Waals surface area (Å²) in [6.45, 7) is 3.25. The molecule has 0 saturated carbocycles. The molecule has 2 aliphatic rings. The van der Waals surface area contributed by atoms with E-state index in [0.717, 1.165) is 19.5 Å². The smallest absolute Gasteiger partial charge is 0.244 e. The van der Waals surface area contributed by atoms with Gasteiger partial charge in [0.25, 0.3) is 0 Å². The lowest BCUT2D eigenvalue weighted by atomic mass is 10.2. The van der Waals surface area contributed by atoms with E-state index in [9.17, 15) is 8.42 Å². The van der Waals surface area contributed by atoms with Gasteiger partial charge in [0, 0.05) is 25.3 Å². The molecular formula is C13H19ClN4O2S. The number of pyridine rings is 1. The van der Waals surface area contributed by atoms with E-state index in [4.69, 9.17) is 17.3 Å². The van der Waals surface area contributed by atoms with Gasteiger partial charge in [-0.05, 0) is 38.4 Å². The Morgan fingerprint density at radius 1 is 1.29 bits per heavy atom. The van der Waals surface area contributed by atoms with Crippen LogP contribution >= 0.6 is 11.6 Å². The van der Waals surface area contributed by atoms with Crippen LogP contribution in [0.4, 0.5) is 5.82 Å². The Hall–Kier alpha value is -0.890. The molecule has 2 fully saturated rings. The number of rotatable bonds is 3. The Morgan fingerprint density at radius 3 is 2.67 bits per heavy atom. The number of hydrogen-bond acceptors (Lipinski definition) is 5. The molecule has 21 heavy (non-hydrogen) atoms. The van der Waals surface area contributed by atoms with Crippen LogP contribution in [0.15, 0.2) is 17.2 Å². The van der Waals surface area contributed by atoms with Gasteiger partial charge in [-0.25, -0.2) is 13.4 Å². The molecule has 0 aliphatic carbocycles. The third-order valence-electron chi connectivity index (χ3n) is 4.27. The summed E-state index contributed by atoms with van der Waals surface area (Å²) in [6.07, 6.45) is 4.58.